The van der Waals surface area contributed by atoms with E-state index in [4.69, 9.17) is 5.11 Å². The summed E-state index contributed by atoms with van der Waals surface area (Å²) in [6.45, 7) is 3.81. The Morgan fingerprint density at radius 2 is 2.10 bits per heavy atom. The molecule has 0 amide bonds. The first-order valence-corrected chi connectivity index (χ1v) is 6.26. The smallest absolute Gasteiger partial charge is 0.339 e. The Bertz CT molecular complexity index is 637. The number of aromatic nitrogens is 3. The fourth-order valence-electron chi connectivity index (χ4n) is 1.74. The number of carboxylic acid groups (broad SMARTS) is 1. The number of hydrogen-bond acceptors (Lipinski definition) is 4. The lowest BCUT2D eigenvalue weighted by atomic mass is 10.1. The molecule has 0 aliphatic heterocycles. The Hall–Kier alpha value is -2.56. The van der Waals surface area contributed by atoms with E-state index in [0.29, 0.717) is 11.5 Å². The second-order valence-electron chi connectivity index (χ2n) is 4.61. The molecular weight excluding hydrogens is 254 g/mol. The third kappa shape index (κ3) is 3.26. The van der Waals surface area contributed by atoms with Gasteiger partial charge >= 0.3 is 5.97 Å². The number of carbonyl (C=O) groups is 1. The van der Waals surface area contributed by atoms with Crippen LogP contribution < -0.4 is 0 Å². The molecule has 20 heavy (non-hydrogen) atoms. The molecule has 2 rings (SSSR count). The molecule has 0 unspecified atom stereocenters. The maximum Gasteiger partial charge on any atom is 0.339 e. The van der Waals surface area contributed by atoms with Crippen LogP contribution in [0, 0.1) is 0 Å². The highest BCUT2D eigenvalue weighted by Crippen LogP contribution is 2.17. The molecule has 2 aromatic heterocycles. The molecule has 0 aliphatic carbocycles. The lowest BCUT2D eigenvalue weighted by molar-refractivity contribution is 0.0694. The molecule has 0 spiro atoms. The van der Waals surface area contributed by atoms with E-state index < -0.39 is 5.97 Å². The van der Waals surface area contributed by atoms with E-state index in [9.17, 15) is 4.79 Å². The average Bonchev–Trinajstić information content (AvgIpc) is 2.45. The summed E-state index contributed by atoms with van der Waals surface area (Å²) in [5, 5.41) is 9.11. The predicted octanol–water partition coefficient (Wildman–Crippen LogP) is 2.86. The van der Waals surface area contributed by atoms with Crippen molar-refractivity contribution in [2.75, 3.05) is 0 Å². The van der Waals surface area contributed by atoms with Gasteiger partial charge in [-0.1, -0.05) is 19.9 Å². The van der Waals surface area contributed by atoms with Gasteiger partial charge in [-0.25, -0.2) is 14.8 Å². The lowest BCUT2D eigenvalue weighted by Crippen LogP contribution is -2.08. The van der Waals surface area contributed by atoms with E-state index in [2.05, 4.69) is 15.0 Å². The zero-order valence-electron chi connectivity index (χ0n) is 11.3. The van der Waals surface area contributed by atoms with Crippen LogP contribution >= 0.6 is 0 Å². The molecule has 0 saturated heterocycles. The lowest BCUT2D eigenvalue weighted by Gasteiger charge is -2.08. The van der Waals surface area contributed by atoms with Gasteiger partial charge in [-0.3, -0.25) is 4.98 Å². The van der Waals surface area contributed by atoms with Crippen LogP contribution in [0.25, 0.3) is 12.2 Å². The van der Waals surface area contributed by atoms with Crippen molar-refractivity contribution in [3.8, 4) is 0 Å². The Labute approximate surface area is 117 Å². The van der Waals surface area contributed by atoms with E-state index in [1.54, 1.807) is 18.5 Å². The minimum atomic E-state index is -1.00. The van der Waals surface area contributed by atoms with Crippen molar-refractivity contribution in [1.82, 2.24) is 15.0 Å². The van der Waals surface area contributed by atoms with Crippen LogP contribution in [0.1, 0.15) is 47.2 Å². The van der Waals surface area contributed by atoms with Gasteiger partial charge in [0.1, 0.15) is 0 Å². The van der Waals surface area contributed by atoms with E-state index in [0.717, 1.165) is 5.56 Å². The minimum Gasteiger partial charge on any atom is -0.478 e. The topological polar surface area (TPSA) is 76.0 Å². The second kappa shape index (κ2) is 6.06. The fraction of sp³-hybridized carbons (Fsp3) is 0.200. The van der Waals surface area contributed by atoms with Crippen molar-refractivity contribution in [1.29, 1.82) is 0 Å². The highest BCUT2D eigenvalue weighted by atomic mass is 16.4. The summed E-state index contributed by atoms with van der Waals surface area (Å²) < 4.78 is 0. The first-order valence-electron chi connectivity index (χ1n) is 6.26. The van der Waals surface area contributed by atoms with Crippen LogP contribution in [0.5, 0.6) is 0 Å². The van der Waals surface area contributed by atoms with Crippen molar-refractivity contribution in [2.45, 2.75) is 19.8 Å². The maximum atomic E-state index is 11.1. The summed E-state index contributed by atoms with van der Waals surface area (Å²) in [5.41, 5.74) is 1.63. The van der Waals surface area contributed by atoms with Crippen LogP contribution in [-0.4, -0.2) is 26.0 Å². The molecule has 0 bridgehead atoms. The molecule has 102 valence electrons. The molecule has 2 aromatic rings. The van der Waals surface area contributed by atoms with Gasteiger partial charge in [-0.05, 0) is 29.7 Å². The van der Waals surface area contributed by atoms with E-state index in [1.165, 1.54) is 6.20 Å². The van der Waals surface area contributed by atoms with Gasteiger partial charge in [0.05, 0.1) is 11.3 Å². The zero-order valence-corrected chi connectivity index (χ0v) is 11.3. The Morgan fingerprint density at radius 1 is 1.30 bits per heavy atom. The molecule has 0 aliphatic rings. The molecule has 0 fully saturated rings. The third-order valence-corrected chi connectivity index (χ3v) is 2.72. The number of carboxylic acids is 1. The zero-order chi connectivity index (χ0) is 14.5. The standard InChI is InChI=1S/C15H15N3O2/c1-10(2)14-12(15(19)20)9-17-13(18-14)6-5-11-4-3-7-16-8-11/h3-10H,1-2H3,(H,19,20)/b6-5+. The van der Waals surface area contributed by atoms with Crippen LogP contribution in [0.4, 0.5) is 0 Å². The van der Waals surface area contributed by atoms with Gasteiger partial charge in [-0.2, -0.15) is 0 Å². The molecular formula is C15H15N3O2. The second-order valence-corrected chi connectivity index (χ2v) is 4.61. The van der Waals surface area contributed by atoms with Gasteiger partial charge in [-0.15, -0.1) is 0 Å². The van der Waals surface area contributed by atoms with Crippen LogP contribution in [-0.2, 0) is 0 Å². The summed E-state index contributed by atoms with van der Waals surface area (Å²) in [4.78, 5) is 23.5. The average molecular weight is 269 g/mol. The van der Waals surface area contributed by atoms with Gasteiger partial charge in [0.25, 0.3) is 0 Å². The monoisotopic (exact) mass is 269 g/mol. The van der Waals surface area contributed by atoms with E-state index in [1.807, 2.05) is 32.1 Å². The normalized spacial score (nSPS) is 11.2. The summed E-state index contributed by atoms with van der Waals surface area (Å²) in [6, 6.07) is 3.76. The molecule has 0 atom stereocenters. The quantitative estimate of drug-likeness (QED) is 0.923. The van der Waals surface area contributed by atoms with Crippen LogP contribution in [0.3, 0.4) is 0 Å². The summed E-state index contributed by atoms with van der Waals surface area (Å²) >= 11 is 0. The summed E-state index contributed by atoms with van der Waals surface area (Å²) in [6.07, 6.45) is 8.37. The van der Waals surface area contributed by atoms with E-state index in [-0.39, 0.29) is 11.5 Å². The highest BCUT2D eigenvalue weighted by Gasteiger charge is 2.15. The Morgan fingerprint density at radius 3 is 2.70 bits per heavy atom. The highest BCUT2D eigenvalue weighted by molar-refractivity contribution is 5.88. The number of hydrogen-bond donors (Lipinski definition) is 1. The summed E-state index contributed by atoms with van der Waals surface area (Å²) in [7, 11) is 0. The van der Waals surface area contributed by atoms with Crippen molar-refractivity contribution in [3.05, 3.63) is 53.4 Å². The van der Waals surface area contributed by atoms with Crippen LogP contribution in [0.15, 0.2) is 30.7 Å². The third-order valence-electron chi connectivity index (χ3n) is 2.72. The van der Waals surface area contributed by atoms with Gasteiger partial charge in [0, 0.05) is 18.6 Å². The van der Waals surface area contributed by atoms with Gasteiger partial charge in [0.2, 0.25) is 0 Å². The molecule has 1 N–H and O–H groups in total. The maximum absolute atomic E-state index is 11.1. The van der Waals surface area contributed by atoms with Crippen molar-refractivity contribution >= 4 is 18.1 Å². The Kier molecular flexibility index (Phi) is 4.20. The molecule has 5 heteroatoms. The van der Waals surface area contributed by atoms with Crippen molar-refractivity contribution in [3.63, 3.8) is 0 Å². The number of pyridine rings is 1. The van der Waals surface area contributed by atoms with Crippen LogP contribution in [0.2, 0.25) is 0 Å². The van der Waals surface area contributed by atoms with Gasteiger partial charge in [0.15, 0.2) is 5.82 Å². The molecule has 0 radical (unpaired) electrons. The fourth-order valence-corrected chi connectivity index (χ4v) is 1.74. The number of nitrogens with zero attached hydrogens (tertiary/aromatic N) is 3. The largest absolute Gasteiger partial charge is 0.478 e. The van der Waals surface area contributed by atoms with Gasteiger partial charge < -0.3 is 5.11 Å². The first kappa shape index (κ1) is 13.9. The summed E-state index contributed by atoms with van der Waals surface area (Å²) in [5.74, 6) is -0.492. The molecule has 2 heterocycles. The number of rotatable bonds is 4. The number of aromatic carboxylic acids is 1. The van der Waals surface area contributed by atoms with Crippen molar-refractivity contribution < 1.29 is 9.90 Å². The Balaban J connectivity index is 2.32. The van der Waals surface area contributed by atoms with E-state index >= 15 is 0 Å². The molecule has 0 saturated carbocycles. The first-order chi connectivity index (χ1) is 9.58. The SMILES string of the molecule is CC(C)c1nc(/C=C/c2cccnc2)ncc1C(=O)O. The molecule has 5 nitrogen and oxygen atoms in total. The molecule has 0 aromatic carbocycles. The van der Waals surface area contributed by atoms with Crippen molar-refractivity contribution in [2.24, 2.45) is 0 Å². The predicted molar refractivity (Wildman–Crippen MR) is 76.2 cm³/mol. The minimum absolute atomic E-state index is 0.0228.